The Morgan fingerprint density at radius 2 is 1.65 bits per heavy atom. The Morgan fingerprint density at radius 3 is 2.38 bits per heavy atom. The summed E-state index contributed by atoms with van der Waals surface area (Å²) in [5.41, 5.74) is 2.55. The van der Waals surface area contributed by atoms with Crippen molar-refractivity contribution in [3.8, 4) is 11.5 Å². The van der Waals surface area contributed by atoms with E-state index >= 15 is 0 Å². The van der Waals surface area contributed by atoms with Crippen LogP contribution in [-0.4, -0.2) is 17.6 Å². The van der Waals surface area contributed by atoms with Crippen molar-refractivity contribution in [1.82, 2.24) is 4.57 Å². The molecule has 4 nitrogen and oxygen atoms in total. The molecule has 0 saturated heterocycles. The Labute approximate surface area is 154 Å². The number of ether oxygens (including phenoxy) is 2. The van der Waals surface area contributed by atoms with Crippen molar-refractivity contribution < 1.29 is 14.3 Å². The second kappa shape index (κ2) is 8.90. The number of hydrogen-bond donors (Lipinski definition) is 0. The summed E-state index contributed by atoms with van der Waals surface area (Å²) in [6.45, 7) is 0.758. The number of methoxy groups -OCH3 is 1. The van der Waals surface area contributed by atoms with Gasteiger partial charge in [0.1, 0.15) is 11.5 Å². The Morgan fingerprint density at radius 1 is 0.923 bits per heavy atom. The summed E-state index contributed by atoms with van der Waals surface area (Å²) in [4.78, 5) is 11.1. The van der Waals surface area contributed by atoms with Crippen LogP contribution in [0.4, 0.5) is 0 Å². The van der Waals surface area contributed by atoms with Crippen molar-refractivity contribution in [2.45, 2.75) is 25.8 Å². The molecule has 4 heteroatoms. The molecule has 0 aliphatic rings. The molecular formula is C22H23NO3. The number of nitrogens with zero attached hydrogens (tertiary/aromatic N) is 1. The molecule has 0 atom stereocenters. The molecule has 0 unspecified atom stereocenters. The van der Waals surface area contributed by atoms with E-state index < -0.39 is 0 Å². The number of hydrogen-bond acceptors (Lipinski definition) is 3. The van der Waals surface area contributed by atoms with Crippen LogP contribution in [0.15, 0.2) is 73.1 Å². The Kier molecular flexibility index (Phi) is 6.09. The molecule has 26 heavy (non-hydrogen) atoms. The first kappa shape index (κ1) is 17.8. The maximum atomic E-state index is 11.1. The summed E-state index contributed by atoms with van der Waals surface area (Å²) in [7, 11) is 1.41. The largest absolute Gasteiger partial charge is 0.469 e. The zero-order chi connectivity index (χ0) is 18.2. The molecule has 134 valence electrons. The second-order valence-electron chi connectivity index (χ2n) is 6.17. The van der Waals surface area contributed by atoms with E-state index in [1.165, 1.54) is 18.2 Å². The van der Waals surface area contributed by atoms with E-state index in [1.807, 2.05) is 41.2 Å². The lowest BCUT2D eigenvalue weighted by molar-refractivity contribution is -0.140. The summed E-state index contributed by atoms with van der Waals surface area (Å²) in [6.07, 6.45) is 5.98. The fraction of sp³-hybridized carbons (Fsp3) is 0.227. The van der Waals surface area contributed by atoms with Crippen LogP contribution >= 0.6 is 0 Å². The van der Waals surface area contributed by atoms with Gasteiger partial charge in [0.05, 0.1) is 7.11 Å². The van der Waals surface area contributed by atoms with Gasteiger partial charge in [-0.1, -0.05) is 42.5 Å². The molecular weight excluding hydrogens is 326 g/mol. The first-order valence-corrected chi connectivity index (χ1v) is 8.76. The van der Waals surface area contributed by atoms with Gasteiger partial charge in [-0.3, -0.25) is 4.79 Å². The number of aromatic nitrogens is 1. The zero-order valence-electron chi connectivity index (χ0n) is 14.9. The maximum Gasteiger partial charge on any atom is 0.305 e. The quantitative estimate of drug-likeness (QED) is 0.547. The monoisotopic (exact) mass is 349 g/mol. The molecule has 3 rings (SSSR count). The highest BCUT2D eigenvalue weighted by molar-refractivity contribution is 5.68. The molecule has 2 aromatic carbocycles. The van der Waals surface area contributed by atoms with Gasteiger partial charge < -0.3 is 14.0 Å². The molecule has 0 saturated carbocycles. The predicted octanol–water partition coefficient (Wildman–Crippen LogP) is 4.82. The highest BCUT2D eigenvalue weighted by Crippen LogP contribution is 2.23. The summed E-state index contributed by atoms with van der Waals surface area (Å²) in [5.74, 6) is 1.43. The average molecular weight is 349 g/mol. The van der Waals surface area contributed by atoms with E-state index in [-0.39, 0.29) is 5.97 Å². The number of esters is 1. The van der Waals surface area contributed by atoms with E-state index in [2.05, 4.69) is 41.1 Å². The van der Waals surface area contributed by atoms with Crippen molar-refractivity contribution in [3.05, 3.63) is 84.2 Å². The SMILES string of the molecule is COC(=O)CCCn1ccc(Oc2ccc(Cc3ccccc3)cc2)c1. The highest BCUT2D eigenvalue weighted by Gasteiger charge is 2.03. The van der Waals surface area contributed by atoms with E-state index in [4.69, 9.17) is 4.74 Å². The Bertz CT molecular complexity index is 822. The van der Waals surface area contributed by atoms with Crippen molar-refractivity contribution >= 4 is 5.97 Å². The number of aryl methyl sites for hydroxylation is 1. The smallest absolute Gasteiger partial charge is 0.305 e. The third-order valence-electron chi connectivity index (χ3n) is 4.16. The van der Waals surface area contributed by atoms with Gasteiger partial charge in [0.2, 0.25) is 0 Å². The van der Waals surface area contributed by atoms with Crippen molar-refractivity contribution in [1.29, 1.82) is 0 Å². The molecule has 0 fully saturated rings. The average Bonchev–Trinajstić information content (AvgIpc) is 3.11. The minimum Gasteiger partial charge on any atom is -0.469 e. The molecule has 1 aromatic heterocycles. The van der Waals surface area contributed by atoms with Crippen LogP contribution in [0.25, 0.3) is 0 Å². The Hall–Kier alpha value is -3.01. The van der Waals surface area contributed by atoms with E-state index in [0.29, 0.717) is 6.42 Å². The summed E-state index contributed by atoms with van der Waals surface area (Å²) < 4.78 is 12.6. The predicted molar refractivity (Wildman–Crippen MR) is 101 cm³/mol. The van der Waals surface area contributed by atoms with Gasteiger partial charge in [0, 0.05) is 25.4 Å². The van der Waals surface area contributed by atoms with Crippen LogP contribution in [0.5, 0.6) is 11.5 Å². The Balaban J connectivity index is 1.52. The molecule has 1 heterocycles. The first-order valence-electron chi connectivity index (χ1n) is 8.76. The van der Waals surface area contributed by atoms with Gasteiger partial charge in [-0.2, -0.15) is 0 Å². The van der Waals surface area contributed by atoms with Gasteiger partial charge in [0.15, 0.2) is 0 Å². The minimum absolute atomic E-state index is 0.177. The van der Waals surface area contributed by atoms with Gasteiger partial charge in [0.25, 0.3) is 0 Å². The number of carbonyl (C=O) groups is 1. The van der Waals surface area contributed by atoms with Crippen LogP contribution in [0.3, 0.4) is 0 Å². The molecule has 3 aromatic rings. The van der Waals surface area contributed by atoms with Gasteiger partial charge in [-0.05, 0) is 42.2 Å². The zero-order valence-corrected chi connectivity index (χ0v) is 14.9. The molecule has 0 amide bonds. The normalized spacial score (nSPS) is 10.5. The lowest BCUT2D eigenvalue weighted by atomic mass is 10.1. The topological polar surface area (TPSA) is 40.5 Å². The van der Waals surface area contributed by atoms with Crippen molar-refractivity contribution in [3.63, 3.8) is 0 Å². The van der Waals surface area contributed by atoms with Crippen LogP contribution in [0.1, 0.15) is 24.0 Å². The number of rotatable bonds is 8. The van der Waals surface area contributed by atoms with Crippen LogP contribution in [0, 0.1) is 0 Å². The molecule has 0 radical (unpaired) electrons. The van der Waals surface area contributed by atoms with Crippen LogP contribution < -0.4 is 4.74 Å². The van der Waals surface area contributed by atoms with Crippen LogP contribution in [-0.2, 0) is 22.5 Å². The van der Waals surface area contributed by atoms with E-state index in [0.717, 1.165) is 30.9 Å². The minimum atomic E-state index is -0.177. The van der Waals surface area contributed by atoms with E-state index in [1.54, 1.807) is 0 Å². The lowest BCUT2D eigenvalue weighted by Gasteiger charge is -2.06. The molecule has 0 spiro atoms. The summed E-state index contributed by atoms with van der Waals surface area (Å²) >= 11 is 0. The molecule has 0 aliphatic carbocycles. The standard InChI is InChI=1S/C22H23NO3/c1-25-22(24)8-5-14-23-15-13-21(17-23)26-20-11-9-19(10-12-20)16-18-6-3-2-4-7-18/h2-4,6-7,9-13,15,17H,5,8,14,16H2,1H3. The van der Waals surface area contributed by atoms with Gasteiger partial charge >= 0.3 is 5.97 Å². The fourth-order valence-corrected chi connectivity index (χ4v) is 2.77. The third-order valence-corrected chi connectivity index (χ3v) is 4.16. The summed E-state index contributed by atoms with van der Waals surface area (Å²) in [6, 6.07) is 20.5. The fourth-order valence-electron chi connectivity index (χ4n) is 2.77. The highest BCUT2D eigenvalue weighted by atomic mass is 16.5. The lowest BCUT2D eigenvalue weighted by Crippen LogP contribution is -2.02. The van der Waals surface area contributed by atoms with Gasteiger partial charge in [-0.25, -0.2) is 0 Å². The summed E-state index contributed by atoms with van der Waals surface area (Å²) in [5, 5.41) is 0. The van der Waals surface area contributed by atoms with E-state index in [9.17, 15) is 4.79 Å². The number of benzene rings is 2. The molecule has 0 bridgehead atoms. The second-order valence-corrected chi connectivity index (χ2v) is 6.17. The number of carbonyl (C=O) groups excluding carboxylic acids is 1. The van der Waals surface area contributed by atoms with Crippen LogP contribution in [0.2, 0.25) is 0 Å². The third kappa shape index (κ3) is 5.24. The molecule has 0 N–H and O–H groups in total. The van der Waals surface area contributed by atoms with Crippen molar-refractivity contribution in [2.24, 2.45) is 0 Å². The maximum absolute atomic E-state index is 11.1. The van der Waals surface area contributed by atoms with Gasteiger partial charge in [-0.15, -0.1) is 0 Å². The first-order chi connectivity index (χ1) is 12.7. The molecule has 0 aliphatic heterocycles. The van der Waals surface area contributed by atoms with Crippen molar-refractivity contribution in [2.75, 3.05) is 7.11 Å².